The molecule has 0 fully saturated rings. The molecule has 1 aliphatic heterocycles. The summed E-state index contributed by atoms with van der Waals surface area (Å²) in [5, 5.41) is 0.354. The average Bonchev–Trinajstić information content (AvgIpc) is 2.14. The van der Waals surface area contributed by atoms with Crippen molar-refractivity contribution < 1.29 is 0 Å². The second kappa shape index (κ2) is 1.96. The van der Waals surface area contributed by atoms with E-state index in [1.54, 1.807) is 0 Å². The molecule has 1 rings (SSSR count). The van der Waals surface area contributed by atoms with Crippen molar-refractivity contribution in [1.82, 2.24) is 0 Å². The van der Waals surface area contributed by atoms with Crippen molar-refractivity contribution >= 4 is 23.1 Å². The highest BCUT2D eigenvalue weighted by molar-refractivity contribution is 6.70. The van der Waals surface area contributed by atoms with Gasteiger partial charge in [-0.3, -0.25) is 0 Å². The van der Waals surface area contributed by atoms with Gasteiger partial charge < -0.3 is 5.73 Å². The first-order valence-electron chi connectivity index (χ1n) is 2.02. The van der Waals surface area contributed by atoms with Crippen molar-refractivity contribution in [2.45, 2.75) is 0 Å². The zero-order valence-electron chi connectivity index (χ0n) is 4.00. The molecule has 2 N–H and O–H groups in total. The third kappa shape index (κ3) is 0.721. The van der Waals surface area contributed by atoms with Gasteiger partial charge in [0.2, 0.25) is 0 Å². The first-order valence-corrected chi connectivity index (χ1v) is 2.40. The number of rotatable bonds is 0. The Hall–Kier alpha value is -0.830. The molecule has 4 heteroatoms. The summed E-state index contributed by atoms with van der Waals surface area (Å²) in [7, 11) is 0. The number of aliphatic imine (C=N–C) groups is 2. The minimum absolute atomic E-state index is 0.354. The van der Waals surface area contributed by atoms with Crippen LogP contribution in [0.25, 0.3) is 0 Å². The fourth-order valence-corrected chi connectivity index (χ4v) is 0.528. The molecular formula is C4H4ClN3. The van der Waals surface area contributed by atoms with E-state index in [0.29, 0.717) is 10.9 Å². The van der Waals surface area contributed by atoms with Crippen LogP contribution < -0.4 is 5.73 Å². The third-order valence-electron chi connectivity index (χ3n) is 0.737. The Balaban J connectivity index is 2.88. The molecule has 0 radical (unpaired) electrons. The fourth-order valence-electron chi connectivity index (χ4n) is 0.373. The summed E-state index contributed by atoms with van der Waals surface area (Å²) in [4.78, 5) is 7.34. The van der Waals surface area contributed by atoms with Crippen LogP contribution >= 0.6 is 11.6 Å². The van der Waals surface area contributed by atoms with Gasteiger partial charge in [-0.25, -0.2) is 9.98 Å². The van der Waals surface area contributed by atoms with Crippen molar-refractivity contribution in [3.8, 4) is 0 Å². The summed E-state index contributed by atoms with van der Waals surface area (Å²) < 4.78 is 0. The maximum absolute atomic E-state index is 5.46. The molecule has 1 aliphatic rings. The second-order valence-electron chi connectivity index (χ2n) is 1.22. The molecule has 0 unspecified atom stereocenters. The predicted octanol–water partition coefficient (Wildman–Crippen LogP) is 0.466. The fraction of sp³-hybridized carbons (Fsp3) is 0. The van der Waals surface area contributed by atoms with Gasteiger partial charge in [0.1, 0.15) is 12.0 Å². The maximum atomic E-state index is 5.46. The molecule has 0 atom stereocenters. The van der Waals surface area contributed by atoms with Gasteiger partial charge in [0.25, 0.3) is 0 Å². The quantitative estimate of drug-likeness (QED) is 0.508. The van der Waals surface area contributed by atoms with Crippen LogP contribution in [0.1, 0.15) is 0 Å². The van der Waals surface area contributed by atoms with Crippen molar-refractivity contribution in [1.29, 1.82) is 0 Å². The number of nitrogens with two attached hydrogens (primary N) is 1. The normalized spacial score (nSPS) is 22.1. The van der Waals surface area contributed by atoms with Gasteiger partial charge in [-0.1, -0.05) is 11.6 Å². The van der Waals surface area contributed by atoms with E-state index in [1.807, 2.05) is 0 Å². The van der Waals surface area contributed by atoms with E-state index in [-0.39, 0.29) is 0 Å². The number of halogens is 1. The largest absolute Gasteiger partial charge is 0.403 e. The van der Waals surface area contributed by atoms with Gasteiger partial charge in [0.15, 0.2) is 5.17 Å². The number of nitrogens with zero attached hydrogens (tertiary/aromatic N) is 2. The van der Waals surface area contributed by atoms with Crippen LogP contribution in [0.15, 0.2) is 21.9 Å². The standard InChI is InChI=1S/C4H4ClN3/c5-4-3(1-6)7-2-8-4/h1-2H,6H2/b3-1+. The molecule has 42 valence electrons. The zero-order valence-corrected chi connectivity index (χ0v) is 4.76. The molecule has 8 heavy (non-hydrogen) atoms. The minimum atomic E-state index is 0.354. The van der Waals surface area contributed by atoms with Crippen molar-refractivity contribution in [2.75, 3.05) is 0 Å². The Morgan fingerprint density at radius 1 is 1.75 bits per heavy atom. The molecule has 0 saturated heterocycles. The van der Waals surface area contributed by atoms with Crippen LogP contribution in [0.2, 0.25) is 0 Å². The molecule has 0 saturated carbocycles. The van der Waals surface area contributed by atoms with Crippen molar-refractivity contribution in [3.05, 3.63) is 11.9 Å². The molecule has 0 aromatic heterocycles. The predicted molar refractivity (Wildman–Crippen MR) is 34.1 cm³/mol. The highest BCUT2D eigenvalue weighted by atomic mass is 35.5. The molecule has 0 aromatic carbocycles. The molecule has 0 amide bonds. The van der Waals surface area contributed by atoms with Crippen LogP contribution in [0.5, 0.6) is 0 Å². The van der Waals surface area contributed by atoms with E-state index in [4.69, 9.17) is 17.3 Å². The van der Waals surface area contributed by atoms with Crippen LogP contribution in [0.3, 0.4) is 0 Å². The summed E-state index contributed by atoms with van der Waals surface area (Å²) in [5.41, 5.74) is 5.62. The van der Waals surface area contributed by atoms with Crippen LogP contribution in [-0.4, -0.2) is 11.5 Å². The van der Waals surface area contributed by atoms with Crippen LogP contribution in [0, 0.1) is 0 Å². The van der Waals surface area contributed by atoms with E-state index in [2.05, 4.69) is 9.98 Å². The van der Waals surface area contributed by atoms with Crippen molar-refractivity contribution in [2.24, 2.45) is 15.7 Å². The number of hydrogen-bond acceptors (Lipinski definition) is 3. The lowest BCUT2D eigenvalue weighted by molar-refractivity contribution is 1.44. The Bertz CT molecular complexity index is 180. The Morgan fingerprint density at radius 2 is 2.50 bits per heavy atom. The Kier molecular flexibility index (Phi) is 1.30. The van der Waals surface area contributed by atoms with E-state index >= 15 is 0 Å². The highest BCUT2D eigenvalue weighted by Gasteiger charge is 2.03. The number of allylic oxidation sites excluding steroid dienone is 1. The minimum Gasteiger partial charge on any atom is -0.403 e. The summed E-state index contributed by atoms with van der Waals surface area (Å²) in [6, 6.07) is 0. The smallest absolute Gasteiger partial charge is 0.157 e. The second-order valence-corrected chi connectivity index (χ2v) is 1.57. The zero-order chi connectivity index (χ0) is 5.98. The molecule has 3 nitrogen and oxygen atoms in total. The van der Waals surface area contributed by atoms with E-state index in [1.165, 1.54) is 12.5 Å². The van der Waals surface area contributed by atoms with Gasteiger partial charge >= 0.3 is 0 Å². The van der Waals surface area contributed by atoms with Crippen molar-refractivity contribution in [3.63, 3.8) is 0 Å². The third-order valence-corrected chi connectivity index (χ3v) is 1.03. The maximum Gasteiger partial charge on any atom is 0.157 e. The van der Waals surface area contributed by atoms with Gasteiger partial charge in [0.05, 0.1) is 0 Å². The summed E-state index contributed by atoms with van der Waals surface area (Å²) in [6.07, 6.45) is 2.68. The first-order chi connectivity index (χ1) is 3.84. The summed E-state index contributed by atoms with van der Waals surface area (Å²) in [5.74, 6) is 0. The lowest BCUT2D eigenvalue weighted by Crippen LogP contribution is -1.89. The van der Waals surface area contributed by atoms with Crippen LogP contribution in [-0.2, 0) is 0 Å². The Labute approximate surface area is 51.6 Å². The lowest BCUT2D eigenvalue weighted by atomic mass is 10.5. The van der Waals surface area contributed by atoms with E-state index in [9.17, 15) is 0 Å². The van der Waals surface area contributed by atoms with E-state index < -0.39 is 0 Å². The van der Waals surface area contributed by atoms with Gasteiger partial charge in [-0.05, 0) is 0 Å². The Morgan fingerprint density at radius 3 is 2.75 bits per heavy atom. The molecule has 0 aromatic rings. The molecular weight excluding hydrogens is 126 g/mol. The van der Waals surface area contributed by atoms with Gasteiger partial charge in [0, 0.05) is 6.20 Å². The van der Waals surface area contributed by atoms with Gasteiger partial charge in [-0.2, -0.15) is 0 Å². The van der Waals surface area contributed by atoms with Gasteiger partial charge in [-0.15, -0.1) is 0 Å². The topological polar surface area (TPSA) is 50.7 Å². The SMILES string of the molecule is N/C=C1/N=CN=C1Cl. The summed E-state index contributed by atoms with van der Waals surface area (Å²) in [6.45, 7) is 0. The number of hydrogen-bond donors (Lipinski definition) is 1. The molecule has 0 spiro atoms. The van der Waals surface area contributed by atoms with E-state index in [0.717, 1.165) is 0 Å². The average molecular weight is 130 g/mol. The highest BCUT2D eigenvalue weighted by Crippen LogP contribution is 2.06. The van der Waals surface area contributed by atoms with Crippen LogP contribution in [0.4, 0.5) is 0 Å². The lowest BCUT2D eigenvalue weighted by Gasteiger charge is -1.83. The first kappa shape index (κ1) is 5.31. The monoisotopic (exact) mass is 129 g/mol. The molecule has 0 bridgehead atoms. The summed E-state index contributed by atoms with van der Waals surface area (Å²) >= 11 is 5.46. The molecule has 0 aliphatic carbocycles. The molecule has 1 heterocycles.